The van der Waals surface area contributed by atoms with E-state index in [2.05, 4.69) is 6.92 Å². The SMILES string of the molecule is CC1CC(O)C(O[C@H](C)CC/C=C/C(=O)OC(C)(C)C)OC1C. The van der Waals surface area contributed by atoms with E-state index in [1.54, 1.807) is 6.08 Å². The molecule has 1 saturated heterocycles. The summed E-state index contributed by atoms with van der Waals surface area (Å²) in [6, 6.07) is 0. The second-order valence-electron chi connectivity index (χ2n) is 7.45. The molecule has 5 nitrogen and oxygen atoms in total. The maximum Gasteiger partial charge on any atom is 0.330 e. The van der Waals surface area contributed by atoms with Crippen molar-refractivity contribution in [3.63, 3.8) is 0 Å². The quantitative estimate of drug-likeness (QED) is 0.599. The predicted octanol–water partition coefficient (Wildman–Crippen LogP) is 3.20. The lowest BCUT2D eigenvalue weighted by molar-refractivity contribution is -0.263. The molecule has 4 unspecified atom stereocenters. The Morgan fingerprint density at radius 1 is 1.39 bits per heavy atom. The first kappa shape index (κ1) is 20.1. The van der Waals surface area contributed by atoms with Crippen molar-refractivity contribution in [2.45, 2.75) is 91.0 Å². The number of ether oxygens (including phenoxy) is 3. The van der Waals surface area contributed by atoms with Crippen molar-refractivity contribution >= 4 is 5.97 Å². The Morgan fingerprint density at radius 2 is 2.04 bits per heavy atom. The molecule has 134 valence electrons. The summed E-state index contributed by atoms with van der Waals surface area (Å²) < 4.78 is 16.7. The molecule has 0 radical (unpaired) electrons. The maximum atomic E-state index is 11.5. The van der Waals surface area contributed by atoms with E-state index in [-0.39, 0.29) is 18.2 Å². The average molecular weight is 328 g/mol. The van der Waals surface area contributed by atoms with Crippen molar-refractivity contribution in [2.75, 3.05) is 0 Å². The molecule has 0 amide bonds. The molecule has 5 heteroatoms. The monoisotopic (exact) mass is 328 g/mol. The number of aliphatic hydroxyl groups excluding tert-OH is 1. The fraction of sp³-hybridized carbons (Fsp3) is 0.833. The lowest BCUT2D eigenvalue weighted by Crippen LogP contribution is -2.44. The predicted molar refractivity (Wildman–Crippen MR) is 88.9 cm³/mol. The van der Waals surface area contributed by atoms with Gasteiger partial charge in [-0.2, -0.15) is 0 Å². The topological polar surface area (TPSA) is 65.0 Å². The first-order valence-electron chi connectivity index (χ1n) is 8.47. The van der Waals surface area contributed by atoms with Gasteiger partial charge in [-0.25, -0.2) is 4.79 Å². The van der Waals surface area contributed by atoms with E-state index in [4.69, 9.17) is 14.2 Å². The highest BCUT2D eigenvalue weighted by molar-refractivity contribution is 5.82. The van der Waals surface area contributed by atoms with Crippen LogP contribution in [0.2, 0.25) is 0 Å². The summed E-state index contributed by atoms with van der Waals surface area (Å²) in [5, 5.41) is 10.0. The van der Waals surface area contributed by atoms with E-state index in [9.17, 15) is 9.90 Å². The molecule has 0 spiro atoms. The lowest BCUT2D eigenvalue weighted by atomic mass is 9.95. The third-order valence-electron chi connectivity index (χ3n) is 3.84. The highest BCUT2D eigenvalue weighted by Crippen LogP contribution is 2.26. The third kappa shape index (κ3) is 7.95. The molecule has 1 aliphatic heterocycles. The van der Waals surface area contributed by atoms with Gasteiger partial charge in [0.2, 0.25) is 0 Å². The Balaban J connectivity index is 2.29. The smallest absolute Gasteiger partial charge is 0.330 e. The summed E-state index contributed by atoms with van der Waals surface area (Å²) in [5.74, 6) is -0.00293. The van der Waals surface area contributed by atoms with Gasteiger partial charge < -0.3 is 19.3 Å². The van der Waals surface area contributed by atoms with Crippen LogP contribution in [0.3, 0.4) is 0 Å². The standard InChI is InChI=1S/C18H32O5/c1-12-11-15(19)17(22-14(12)3)21-13(2)9-7-8-10-16(20)23-18(4,5)6/h8,10,12-15,17,19H,7,9,11H2,1-6H3/b10-8+/t12?,13-,14?,15?,17?/m1/s1. The van der Waals surface area contributed by atoms with Crippen LogP contribution < -0.4 is 0 Å². The van der Waals surface area contributed by atoms with Crippen molar-refractivity contribution in [3.05, 3.63) is 12.2 Å². The number of aliphatic hydroxyl groups is 1. The molecule has 0 aromatic heterocycles. The largest absolute Gasteiger partial charge is 0.457 e. The zero-order valence-corrected chi connectivity index (χ0v) is 15.2. The van der Waals surface area contributed by atoms with Crippen LogP contribution in [-0.2, 0) is 19.0 Å². The molecule has 0 saturated carbocycles. The molecular formula is C18H32O5. The van der Waals surface area contributed by atoms with Gasteiger partial charge in [-0.05, 0) is 59.8 Å². The second kappa shape index (κ2) is 8.81. The Kier molecular flexibility index (Phi) is 7.71. The van der Waals surface area contributed by atoms with Gasteiger partial charge in [-0.15, -0.1) is 0 Å². The number of carbonyl (C=O) groups is 1. The molecule has 1 aliphatic rings. The first-order chi connectivity index (χ1) is 10.6. The molecule has 23 heavy (non-hydrogen) atoms. The molecule has 1 heterocycles. The van der Waals surface area contributed by atoms with Gasteiger partial charge in [0.05, 0.1) is 12.2 Å². The number of hydrogen-bond acceptors (Lipinski definition) is 5. The molecular weight excluding hydrogens is 296 g/mol. The second-order valence-corrected chi connectivity index (χ2v) is 7.45. The Hall–Kier alpha value is -0.910. The number of hydrogen-bond donors (Lipinski definition) is 1. The first-order valence-corrected chi connectivity index (χ1v) is 8.47. The molecule has 1 rings (SSSR count). The van der Waals surface area contributed by atoms with E-state index >= 15 is 0 Å². The van der Waals surface area contributed by atoms with Crippen molar-refractivity contribution < 1.29 is 24.1 Å². The molecule has 5 atom stereocenters. The van der Waals surface area contributed by atoms with Crippen LogP contribution in [0, 0.1) is 5.92 Å². The minimum absolute atomic E-state index is 0.0569. The Bertz CT molecular complexity index is 399. The van der Waals surface area contributed by atoms with Crippen LogP contribution >= 0.6 is 0 Å². The molecule has 0 aliphatic carbocycles. The van der Waals surface area contributed by atoms with Gasteiger partial charge in [0, 0.05) is 6.08 Å². The van der Waals surface area contributed by atoms with Gasteiger partial charge in [0.15, 0.2) is 6.29 Å². The molecule has 0 aromatic rings. The van der Waals surface area contributed by atoms with Crippen LogP contribution in [0.4, 0.5) is 0 Å². The Morgan fingerprint density at radius 3 is 2.65 bits per heavy atom. The summed E-state index contributed by atoms with van der Waals surface area (Å²) in [5.41, 5.74) is -0.472. The fourth-order valence-corrected chi connectivity index (χ4v) is 2.39. The van der Waals surface area contributed by atoms with E-state index in [0.717, 1.165) is 6.42 Å². The number of rotatable bonds is 6. The normalized spacial score (nSPS) is 30.4. The summed E-state index contributed by atoms with van der Waals surface area (Å²) in [6.45, 7) is 11.5. The van der Waals surface area contributed by atoms with E-state index in [0.29, 0.717) is 18.8 Å². The van der Waals surface area contributed by atoms with E-state index in [1.807, 2.05) is 34.6 Å². The van der Waals surface area contributed by atoms with E-state index in [1.165, 1.54) is 6.08 Å². The van der Waals surface area contributed by atoms with Crippen LogP contribution in [0.5, 0.6) is 0 Å². The lowest BCUT2D eigenvalue weighted by Gasteiger charge is -2.37. The minimum Gasteiger partial charge on any atom is -0.457 e. The van der Waals surface area contributed by atoms with Crippen molar-refractivity contribution in [2.24, 2.45) is 5.92 Å². The van der Waals surface area contributed by atoms with Crippen molar-refractivity contribution in [1.82, 2.24) is 0 Å². The summed E-state index contributed by atoms with van der Waals surface area (Å²) in [7, 11) is 0. The number of esters is 1. The van der Waals surface area contributed by atoms with Gasteiger partial charge in [-0.1, -0.05) is 13.0 Å². The van der Waals surface area contributed by atoms with Crippen molar-refractivity contribution in [1.29, 1.82) is 0 Å². The third-order valence-corrected chi connectivity index (χ3v) is 3.84. The number of carbonyl (C=O) groups excluding carboxylic acids is 1. The number of allylic oxidation sites excluding steroid dienone is 1. The van der Waals surface area contributed by atoms with Gasteiger partial charge >= 0.3 is 5.97 Å². The summed E-state index contributed by atoms with van der Waals surface area (Å²) in [4.78, 5) is 11.5. The highest BCUT2D eigenvalue weighted by Gasteiger charge is 2.33. The van der Waals surface area contributed by atoms with Crippen LogP contribution in [-0.4, -0.2) is 41.3 Å². The van der Waals surface area contributed by atoms with Crippen LogP contribution in [0.25, 0.3) is 0 Å². The average Bonchev–Trinajstić information content (AvgIpc) is 2.39. The summed E-state index contributed by atoms with van der Waals surface area (Å²) >= 11 is 0. The fourth-order valence-electron chi connectivity index (χ4n) is 2.39. The molecule has 0 aromatic carbocycles. The highest BCUT2D eigenvalue weighted by atomic mass is 16.7. The summed E-state index contributed by atoms with van der Waals surface area (Å²) in [6.07, 6.45) is 4.26. The van der Waals surface area contributed by atoms with Gasteiger partial charge in [0.1, 0.15) is 11.7 Å². The zero-order chi connectivity index (χ0) is 17.6. The van der Waals surface area contributed by atoms with Crippen LogP contribution in [0.1, 0.15) is 60.8 Å². The minimum atomic E-state index is -0.582. The molecule has 0 bridgehead atoms. The zero-order valence-electron chi connectivity index (χ0n) is 15.2. The van der Waals surface area contributed by atoms with E-state index < -0.39 is 18.0 Å². The van der Waals surface area contributed by atoms with Gasteiger partial charge in [-0.3, -0.25) is 0 Å². The van der Waals surface area contributed by atoms with Crippen molar-refractivity contribution in [3.8, 4) is 0 Å². The maximum absolute atomic E-state index is 11.5. The van der Waals surface area contributed by atoms with Crippen LogP contribution in [0.15, 0.2) is 12.2 Å². The van der Waals surface area contributed by atoms with Gasteiger partial charge in [0.25, 0.3) is 0 Å². The molecule has 1 N–H and O–H groups in total. The Labute approximate surface area is 140 Å². The molecule has 1 fully saturated rings.